The Kier molecular flexibility index (Phi) is 5.22. The van der Waals surface area contributed by atoms with E-state index < -0.39 is 0 Å². The maximum Gasteiger partial charge on any atom is 0.0874 e. The molecular formula is C18H29NO. The van der Waals surface area contributed by atoms with E-state index in [1.54, 1.807) is 0 Å². The second-order valence-corrected chi connectivity index (χ2v) is 6.29. The van der Waals surface area contributed by atoms with Crippen molar-refractivity contribution in [2.45, 2.75) is 57.6 Å². The fourth-order valence-electron chi connectivity index (χ4n) is 3.84. The Morgan fingerprint density at radius 2 is 2.25 bits per heavy atom. The van der Waals surface area contributed by atoms with Crippen LogP contribution in [0.2, 0.25) is 0 Å². The molecule has 0 radical (unpaired) electrons. The highest BCUT2D eigenvalue weighted by Crippen LogP contribution is 2.43. The highest BCUT2D eigenvalue weighted by Gasteiger charge is 2.42. The fraction of sp³-hybridized carbons (Fsp3) is 0.667. The van der Waals surface area contributed by atoms with Gasteiger partial charge in [-0.2, -0.15) is 0 Å². The third-order valence-corrected chi connectivity index (χ3v) is 4.90. The summed E-state index contributed by atoms with van der Waals surface area (Å²) in [6.45, 7) is 4.56. The zero-order valence-corrected chi connectivity index (χ0v) is 13.4. The molecule has 2 heteroatoms. The molecule has 0 aromatic heterocycles. The minimum Gasteiger partial charge on any atom is -0.376 e. The molecular weight excluding hydrogens is 246 g/mol. The van der Waals surface area contributed by atoms with Gasteiger partial charge in [0.1, 0.15) is 0 Å². The van der Waals surface area contributed by atoms with Crippen LogP contribution in [0, 0.1) is 5.92 Å². The molecule has 0 heterocycles. The second kappa shape index (κ2) is 6.73. The number of likely N-dealkylation sites (N-methyl/N-ethyl adjacent to an activating group) is 1. The summed E-state index contributed by atoms with van der Waals surface area (Å²) in [4.78, 5) is 0. The van der Waals surface area contributed by atoms with Crippen LogP contribution >= 0.6 is 0 Å². The number of ether oxygens (including phenoxy) is 1. The number of rotatable bonds is 5. The number of hydrogen-bond acceptors (Lipinski definition) is 2. The van der Waals surface area contributed by atoms with E-state index in [2.05, 4.69) is 50.5 Å². The van der Waals surface area contributed by atoms with E-state index in [0.29, 0.717) is 0 Å². The van der Waals surface area contributed by atoms with Crippen molar-refractivity contribution in [2.75, 3.05) is 14.2 Å². The first kappa shape index (κ1) is 15.5. The number of nitrogens with one attached hydrogen (secondary N) is 1. The van der Waals surface area contributed by atoms with Gasteiger partial charge in [0.05, 0.1) is 11.6 Å². The molecule has 2 rings (SSSR count). The number of hydrogen-bond donors (Lipinski definition) is 1. The van der Waals surface area contributed by atoms with Crippen molar-refractivity contribution in [3.63, 3.8) is 0 Å². The summed E-state index contributed by atoms with van der Waals surface area (Å²) >= 11 is 0. The molecule has 1 aliphatic rings. The molecule has 3 unspecified atom stereocenters. The van der Waals surface area contributed by atoms with E-state index in [0.717, 1.165) is 25.2 Å². The highest BCUT2D eigenvalue weighted by molar-refractivity contribution is 5.28. The first-order valence-electron chi connectivity index (χ1n) is 7.96. The van der Waals surface area contributed by atoms with E-state index in [1.165, 1.54) is 24.0 Å². The van der Waals surface area contributed by atoms with Crippen LogP contribution in [0.4, 0.5) is 0 Å². The monoisotopic (exact) mass is 275 g/mol. The van der Waals surface area contributed by atoms with Gasteiger partial charge in [0, 0.05) is 7.11 Å². The van der Waals surface area contributed by atoms with Crippen LogP contribution in [0.3, 0.4) is 0 Å². The van der Waals surface area contributed by atoms with Gasteiger partial charge >= 0.3 is 0 Å². The predicted octanol–water partition coefficient (Wildman–Crippen LogP) is 4.10. The third-order valence-electron chi connectivity index (χ3n) is 4.90. The molecule has 0 saturated heterocycles. The summed E-state index contributed by atoms with van der Waals surface area (Å²) in [6.07, 6.45) is 5.97. The molecule has 0 amide bonds. The van der Waals surface area contributed by atoms with Crippen molar-refractivity contribution in [3.8, 4) is 0 Å². The molecule has 3 atom stereocenters. The van der Waals surface area contributed by atoms with Crippen LogP contribution in [0.15, 0.2) is 24.3 Å². The molecule has 0 spiro atoms. The summed E-state index contributed by atoms with van der Waals surface area (Å²) in [7, 11) is 3.94. The zero-order chi connectivity index (χ0) is 14.6. The van der Waals surface area contributed by atoms with Gasteiger partial charge in [-0.1, -0.05) is 51.0 Å². The predicted molar refractivity (Wildman–Crippen MR) is 85.0 cm³/mol. The Balaban J connectivity index is 2.33. The van der Waals surface area contributed by atoms with Crippen LogP contribution in [0.25, 0.3) is 0 Å². The molecule has 1 fully saturated rings. The van der Waals surface area contributed by atoms with Crippen LogP contribution in [0.1, 0.15) is 56.7 Å². The summed E-state index contributed by atoms with van der Waals surface area (Å²) in [6, 6.07) is 9.23. The minimum atomic E-state index is -0.0568. The normalized spacial score (nSPS) is 28.3. The standard InChI is InChI=1S/C18H29NO/c1-5-15-9-6-10-16(12-15)17(19-3)18(20-4)11-7-8-14(2)13-18/h6,9-10,12,14,17,19H,5,7-8,11,13H2,1-4H3. The van der Waals surface area contributed by atoms with Crippen molar-refractivity contribution >= 4 is 0 Å². The smallest absolute Gasteiger partial charge is 0.0874 e. The highest BCUT2D eigenvalue weighted by atomic mass is 16.5. The van der Waals surface area contributed by atoms with Crippen molar-refractivity contribution < 1.29 is 4.74 Å². The van der Waals surface area contributed by atoms with Gasteiger partial charge in [-0.15, -0.1) is 0 Å². The van der Waals surface area contributed by atoms with E-state index in [9.17, 15) is 0 Å². The summed E-state index contributed by atoms with van der Waals surface area (Å²) < 4.78 is 6.07. The van der Waals surface area contributed by atoms with Crippen LogP contribution in [-0.2, 0) is 11.2 Å². The van der Waals surface area contributed by atoms with E-state index in [-0.39, 0.29) is 11.6 Å². The van der Waals surface area contributed by atoms with Gasteiger partial charge in [-0.05, 0) is 43.4 Å². The topological polar surface area (TPSA) is 21.3 Å². The Morgan fingerprint density at radius 1 is 1.45 bits per heavy atom. The van der Waals surface area contributed by atoms with Crippen LogP contribution in [0.5, 0.6) is 0 Å². The van der Waals surface area contributed by atoms with Gasteiger partial charge in [-0.25, -0.2) is 0 Å². The van der Waals surface area contributed by atoms with Crippen LogP contribution < -0.4 is 5.32 Å². The van der Waals surface area contributed by atoms with Gasteiger partial charge in [-0.3, -0.25) is 0 Å². The van der Waals surface area contributed by atoms with E-state index in [4.69, 9.17) is 4.74 Å². The zero-order valence-electron chi connectivity index (χ0n) is 13.4. The largest absolute Gasteiger partial charge is 0.376 e. The van der Waals surface area contributed by atoms with Gasteiger partial charge in [0.15, 0.2) is 0 Å². The second-order valence-electron chi connectivity index (χ2n) is 6.29. The molecule has 1 aromatic rings. The van der Waals surface area contributed by atoms with Crippen molar-refractivity contribution in [2.24, 2.45) is 5.92 Å². The van der Waals surface area contributed by atoms with E-state index in [1.807, 2.05) is 7.11 Å². The third kappa shape index (κ3) is 3.07. The minimum absolute atomic E-state index is 0.0568. The molecule has 0 bridgehead atoms. The first-order valence-corrected chi connectivity index (χ1v) is 7.96. The molecule has 20 heavy (non-hydrogen) atoms. The molecule has 1 saturated carbocycles. The fourth-order valence-corrected chi connectivity index (χ4v) is 3.84. The molecule has 112 valence electrons. The van der Waals surface area contributed by atoms with Crippen molar-refractivity contribution in [1.82, 2.24) is 5.32 Å². The lowest BCUT2D eigenvalue weighted by Gasteiger charge is -2.44. The Labute approximate surface area is 123 Å². The first-order chi connectivity index (χ1) is 9.65. The quantitative estimate of drug-likeness (QED) is 0.873. The Morgan fingerprint density at radius 3 is 2.85 bits per heavy atom. The SMILES string of the molecule is CCc1cccc(C(NC)C2(OC)CCCC(C)C2)c1. The van der Waals surface area contributed by atoms with Crippen LogP contribution in [-0.4, -0.2) is 19.8 Å². The lowest BCUT2D eigenvalue weighted by Crippen LogP contribution is -2.47. The van der Waals surface area contributed by atoms with Crippen molar-refractivity contribution in [1.29, 1.82) is 0 Å². The maximum absolute atomic E-state index is 6.07. The van der Waals surface area contributed by atoms with Gasteiger partial charge < -0.3 is 10.1 Å². The lowest BCUT2D eigenvalue weighted by molar-refractivity contribution is -0.0790. The van der Waals surface area contributed by atoms with Gasteiger partial charge in [0.25, 0.3) is 0 Å². The summed E-state index contributed by atoms with van der Waals surface area (Å²) in [5, 5.41) is 3.53. The maximum atomic E-state index is 6.07. The molecule has 1 aromatic carbocycles. The Bertz CT molecular complexity index is 431. The number of aryl methyl sites for hydroxylation is 1. The molecule has 1 aliphatic carbocycles. The Hall–Kier alpha value is -0.860. The van der Waals surface area contributed by atoms with Gasteiger partial charge in [0.2, 0.25) is 0 Å². The van der Waals surface area contributed by atoms with E-state index >= 15 is 0 Å². The molecule has 0 aliphatic heterocycles. The molecule has 1 N–H and O–H groups in total. The summed E-state index contributed by atoms with van der Waals surface area (Å²) in [5.74, 6) is 0.744. The number of benzene rings is 1. The summed E-state index contributed by atoms with van der Waals surface area (Å²) in [5.41, 5.74) is 2.71. The van der Waals surface area contributed by atoms with Crippen molar-refractivity contribution in [3.05, 3.63) is 35.4 Å². The average Bonchev–Trinajstić information content (AvgIpc) is 2.48. The lowest BCUT2D eigenvalue weighted by atomic mass is 9.72. The number of methoxy groups -OCH3 is 1. The average molecular weight is 275 g/mol. The molecule has 2 nitrogen and oxygen atoms in total.